The summed E-state index contributed by atoms with van der Waals surface area (Å²) in [5.74, 6) is -0.129. The Morgan fingerprint density at radius 2 is 0.942 bits per heavy atom. The minimum Gasteiger partial charge on any atom is -0.399 e. The highest BCUT2D eigenvalue weighted by atomic mass is 16.6. The first-order valence-electron chi connectivity index (χ1n) is 16.8. The van der Waals surface area contributed by atoms with Gasteiger partial charge < -0.3 is 14.9 Å². The number of hydrogen-bond acceptors (Lipinski definition) is 5. The zero-order valence-corrected chi connectivity index (χ0v) is 28.1. The third-order valence-electron chi connectivity index (χ3n) is 8.93. The van der Waals surface area contributed by atoms with E-state index in [2.05, 4.69) is 16.7 Å². The molecule has 2 heterocycles. The number of nitrogen functional groups attached to an aromatic ring is 1. The number of nitrogens with zero attached hydrogens (tertiary/aromatic N) is 3. The van der Waals surface area contributed by atoms with Crippen LogP contribution in [0.3, 0.4) is 0 Å². The van der Waals surface area contributed by atoms with E-state index >= 15 is 0 Å². The quantitative estimate of drug-likeness (QED) is 0.0706. The number of nitrogens with two attached hydrogens (primary N) is 1. The largest absolute Gasteiger partial charge is 0.399 e. The summed E-state index contributed by atoms with van der Waals surface area (Å²) in [4.78, 5) is 36.8. The van der Waals surface area contributed by atoms with Crippen LogP contribution in [0.5, 0.6) is 0 Å². The summed E-state index contributed by atoms with van der Waals surface area (Å²) in [5.41, 5.74) is 13.1. The fourth-order valence-electron chi connectivity index (χ4n) is 6.39. The molecule has 8 rings (SSSR count). The minimum absolute atomic E-state index is 0.0167. The van der Waals surface area contributed by atoms with Crippen LogP contribution in [0.15, 0.2) is 170 Å². The Labute approximate surface area is 300 Å². The highest BCUT2D eigenvalue weighted by molar-refractivity contribution is 6.17. The van der Waals surface area contributed by atoms with Crippen LogP contribution in [0.1, 0.15) is 43.0 Å². The molecule has 0 aliphatic rings. The molecule has 0 atom stereocenters. The number of hydrogen-bond donors (Lipinski definition) is 1. The zero-order valence-electron chi connectivity index (χ0n) is 28.1. The molecule has 0 bridgehead atoms. The van der Waals surface area contributed by atoms with E-state index in [-0.39, 0.29) is 17.3 Å². The van der Waals surface area contributed by atoms with E-state index in [0.717, 1.165) is 22.0 Å². The Morgan fingerprint density at radius 1 is 0.538 bits per heavy atom. The molecule has 0 aliphatic carbocycles. The standard InChI is InChI=1S/C22H16N2O3.C22H18N2O/c25-22(17-9-5-2-6-10-17)20-15-23(14-16-7-3-1-4-8-16)21-12-11-18(24(26)27)13-19(20)21;23-18-11-12-21-19(13-18)20(22(25)17-9-5-2-6-10-17)15-24(21)14-16-7-3-1-4-8-16/h1-13,15H,14H2;1-13,15H,14,23H2. The van der Waals surface area contributed by atoms with E-state index in [0.29, 0.717) is 46.4 Å². The number of rotatable bonds is 9. The molecule has 0 radical (unpaired) electrons. The van der Waals surface area contributed by atoms with Crippen molar-refractivity contribution in [3.05, 3.63) is 214 Å². The number of nitro benzene ring substituents is 1. The Hall–Kier alpha value is -7.06. The number of ketones is 2. The van der Waals surface area contributed by atoms with Crippen LogP contribution in [0.2, 0.25) is 0 Å². The average Bonchev–Trinajstić information content (AvgIpc) is 3.73. The zero-order chi connectivity index (χ0) is 36.0. The van der Waals surface area contributed by atoms with Crippen molar-refractivity contribution < 1.29 is 14.5 Å². The number of anilines is 1. The summed E-state index contributed by atoms with van der Waals surface area (Å²) in [5, 5.41) is 12.7. The molecule has 8 nitrogen and oxygen atoms in total. The SMILES string of the molecule is Nc1ccc2c(c1)c(C(=O)c1ccccc1)cn2Cc1ccccc1.O=C(c1ccccc1)c1cn(Cc2ccccc2)c2ccc([N+](=O)[O-])cc12. The van der Waals surface area contributed by atoms with Gasteiger partial charge >= 0.3 is 0 Å². The summed E-state index contributed by atoms with van der Waals surface area (Å²) < 4.78 is 4.07. The smallest absolute Gasteiger partial charge is 0.270 e. The number of benzene rings is 6. The van der Waals surface area contributed by atoms with Crippen LogP contribution in [0.25, 0.3) is 21.8 Å². The molecule has 254 valence electrons. The van der Waals surface area contributed by atoms with Gasteiger partial charge in [0.15, 0.2) is 11.6 Å². The number of carbonyl (C=O) groups is 2. The van der Waals surface area contributed by atoms with Crippen LogP contribution in [-0.4, -0.2) is 25.6 Å². The van der Waals surface area contributed by atoms with Crippen molar-refractivity contribution in [1.29, 1.82) is 0 Å². The lowest BCUT2D eigenvalue weighted by Crippen LogP contribution is -2.01. The van der Waals surface area contributed by atoms with Gasteiger partial charge in [0.25, 0.3) is 5.69 Å². The third kappa shape index (κ3) is 7.13. The highest BCUT2D eigenvalue weighted by Crippen LogP contribution is 2.29. The average molecular weight is 683 g/mol. The number of fused-ring (bicyclic) bond motifs is 2. The number of nitro groups is 1. The van der Waals surface area contributed by atoms with Crippen LogP contribution in [0, 0.1) is 10.1 Å². The van der Waals surface area contributed by atoms with Gasteiger partial charge in [-0.15, -0.1) is 0 Å². The van der Waals surface area contributed by atoms with Gasteiger partial charge in [-0.1, -0.05) is 121 Å². The van der Waals surface area contributed by atoms with Gasteiger partial charge in [-0.25, -0.2) is 0 Å². The predicted molar refractivity (Wildman–Crippen MR) is 206 cm³/mol. The molecule has 0 aliphatic heterocycles. The minimum atomic E-state index is -0.440. The predicted octanol–water partition coefficient (Wildman–Crippen LogP) is 9.33. The molecule has 0 saturated carbocycles. The maximum absolute atomic E-state index is 13.0. The second-order valence-corrected chi connectivity index (χ2v) is 12.4. The maximum atomic E-state index is 13.0. The van der Waals surface area contributed by atoms with Gasteiger partial charge in [-0.3, -0.25) is 19.7 Å². The van der Waals surface area contributed by atoms with Crippen molar-refractivity contribution in [3.63, 3.8) is 0 Å². The Morgan fingerprint density at radius 3 is 1.38 bits per heavy atom. The number of aromatic nitrogens is 2. The molecule has 52 heavy (non-hydrogen) atoms. The van der Waals surface area contributed by atoms with Crippen molar-refractivity contribution in [3.8, 4) is 0 Å². The topological polar surface area (TPSA) is 113 Å². The third-order valence-corrected chi connectivity index (χ3v) is 8.93. The molecule has 0 fully saturated rings. The lowest BCUT2D eigenvalue weighted by atomic mass is 10.0. The van der Waals surface area contributed by atoms with Crippen LogP contribution in [-0.2, 0) is 13.1 Å². The summed E-state index contributed by atoms with van der Waals surface area (Å²) in [6, 6.07) is 48.8. The highest BCUT2D eigenvalue weighted by Gasteiger charge is 2.20. The fraction of sp³-hybridized carbons (Fsp3) is 0.0455. The molecule has 2 N–H and O–H groups in total. The van der Waals surface area contributed by atoms with Crippen molar-refractivity contribution in [2.45, 2.75) is 13.1 Å². The molecular formula is C44H34N4O4. The van der Waals surface area contributed by atoms with Crippen molar-refractivity contribution in [2.24, 2.45) is 0 Å². The monoisotopic (exact) mass is 682 g/mol. The van der Waals surface area contributed by atoms with Crippen molar-refractivity contribution in [2.75, 3.05) is 5.73 Å². The van der Waals surface area contributed by atoms with Crippen LogP contribution in [0.4, 0.5) is 11.4 Å². The molecule has 6 aromatic carbocycles. The van der Waals surface area contributed by atoms with E-state index in [9.17, 15) is 19.7 Å². The Bertz CT molecular complexity index is 2520. The summed E-state index contributed by atoms with van der Waals surface area (Å²) in [6.07, 6.45) is 3.73. The van der Waals surface area contributed by atoms with E-state index in [4.69, 9.17) is 5.73 Å². The Kier molecular flexibility index (Phi) is 9.53. The molecule has 0 unspecified atom stereocenters. The van der Waals surface area contributed by atoms with Crippen LogP contribution >= 0.6 is 0 Å². The van der Waals surface area contributed by atoms with Gasteiger partial charge in [-0.05, 0) is 35.4 Å². The number of non-ortho nitro benzene ring substituents is 1. The van der Waals surface area contributed by atoms with E-state index in [1.54, 1.807) is 36.5 Å². The molecule has 8 heteroatoms. The van der Waals surface area contributed by atoms with Gasteiger partial charge in [0.2, 0.25) is 0 Å². The van der Waals surface area contributed by atoms with E-state index in [1.165, 1.54) is 17.7 Å². The van der Waals surface area contributed by atoms with Gasteiger partial charge in [0.05, 0.1) is 4.92 Å². The first-order chi connectivity index (χ1) is 25.4. The van der Waals surface area contributed by atoms with Crippen molar-refractivity contribution in [1.82, 2.24) is 9.13 Å². The first-order valence-corrected chi connectivity index (χ1v) is 16.8. The lowest BCUT2D eigenvalue weighted by molar-refractivity contribution is -0.384. The molecule has 0 saturated heterocycles. The lowest BCUT2D eigenvalue weighted by Gasteiger charge is -2.05. The molecule has 8 aromatic rings. The molecular weight excluding hydrogens is 649 g/mol. The Balaban J connectivity index is 0.000000162. The molecule has 2 aromatic heterocycles. The van der Waals surface area contributed by atoms with Crippen molar-refractivity contribution >= 4 is 44.7 Å². The summed E-state index contributed by atoms with van der Waals surface area (Å²) in [7, 11) is 0. The summed E-state index contributed by atoms with van der Waals surface area (Å²) >= 11 is 0. The number of carbonyl (C=O) groups excluding carboxylic acids is 2. The maximum Gasteiger partial charge on any atom is 0.270 e. The molecule has 0 spiro atoms. The summed E-state index contributed by atoms with van der Waals surface area (Å²) in [6.45, 7) is 1.29. The fourth-order valence-corrected chi connectivity index (χ4v) is 6.39. The van der Waals surface area contributed by atoms with Crippen LogP contribution < -0.4 is 5.73 Å². The molecule has 0 amide bonds. The van der Waals surface area contributed by atoms with Gasteiger partial charge in [0, 0.05) is 87.4 Å². The van der Waals surface area contributed by atoms with E-state index in [1.807, 2.05) is 114 Å². The normalized spacial score (nSPS) is 10.8. The second kappa shape index (κ2) is 14.8. The first kappa shape index (κ1) is 33.4. The van der Waals surface area contributed by atoms with Gasteiger partial charge in [-0.2, -0.15) is 0 Å². The second-order valence-electron chi connectivity index (χ2n) is 12.4. The van der Waals surface area contributed by atoms with Gasteiger partial charge in [0.1, 0.15) is 0 Å². The van der Waals surface area contributed by atoms with E-state index < -0.39 is 4.92 Å².